The number of rotatable bonds is 5. The number of aryl methyl sites for hydroxylation is 1. The topological polar surface area (TPSA) is 46.2 Å². The molecule has 0 aliphatic rings. The molecule has 0 spiro atoms. The highest BCUT2D eigenvalue weighted by Gasteiger charge is 2.15. The van der Waals surface area contributed by atoms with Gasteiger partial charge in [-0.1, -0.05) is 36.8 Å². The molecule has 1 aromatic rings. The van der Waals surface area contributed by atoms with Gasteiger partial charge in [-0.3, -0.25) is 0 Å². The van der Waals surface area contributed by atoms with Crippen molar-refractivity contribution in [1.82, 2.24) is 4.72 Å². The lowest BCUT2D eigenvalue weighted by Gasteiger charge is -2.17. The van der Waals surface area contributed by atoms with E-state index in [9.17, 15) is 8.42 Å². The molecule has 0 heterocycles. The first kappa shape index (κ1) is 13.2. The maximum atomic E-state index is 11.5. The fourth-order valence-corrected chi connectivity index (χ4v) is 2.39. The van der Waals surface area contributed by atoms with E-state index >= 15 is 0 Å². The van der Waals surface area contributed by atoms with Gasteiger partial charge in [0.25, 0.3) is 0 Å². The Morgan fingerprint density at radius 1 is 1.19 bits per heavy atom. The van der Waals surface area contributed by atoms with Gasteiger partial charge in [-0.05, 0) is 25.8 Å². The van der Waals surface area contributed by atoms with Crippen molar-refractivity contribution in [3.63, 3.8) is 0 Å². The highest BCUT2D eigenvalue weighted by molar-refractivity contribution is 7.89. The van der Waals surface area contributed by atoms with E-state index in [1.165, 1.54) is 5.56 Å². The van der Waals surface area contributed by atoms with Crippen LogP contribution in [0.2, 0.25) is 0 Å². The van der Waals surface area contributed by atoms with Gasteiger partial charge in [0, 0.05) is 6.04 Å². The molecule has 1 aromatic carbocycles. The molecule has 0 amide bonds. The van der Waals surface area contributed by atoms with Crippen LogP contribution >= 0.6 is 0 Å². The molecule has 0 radical (unpaired) electrons. The Kier molecular flexibility index (Phi) is 4.50. The quantitative estimate of drug-likeness (QED) is 0.860. The van der Waals surface area contributed by atoms with Gasteiger partial charge in [-0.2, -0.15) is 0 Å². The van der Waals surface area contributed by atoms with Gasteiger partial charge in [0.1, 0.15) is 0 Å². The number of hydrogen-bond donors (Lipinski definition) is 1. The lowest BCUT2D eigenvalue weighted by Crippen LogP contribution is -2.29. The van der Waals surface area contributed by atoms with Crippen molar-refractivity contribution >= 4 is 10.0 Å². The molecule has 0 aliphatic heterocycles. The summed E-state index contributed by atoms with van der Waals surface area (Å²) in [7, 11) is -3.14. The van der Waals surface area contributed by atoms with Gasteiger partial charge in [0.2, 0.25) is 10.0 Å². The van der Waals surface area contributed by atoms with E-state index in [-0.39, 0.29) is 11.8 Å². The molecule has 1 N–H and O–H groups in total. The van der Waals surface area contributed by atoms with Crippen molar-refractivity contribution in [2.45, 2.75) is 33.2 Å². The molecule has 90 valence electrons. The molecule has 0 aromatic heterocycles. The maximum Gasteiger partial charge on any atom is 0.211 e. The molecule has 1 rings (SSSR count). The molecule has 1 atom stereocenters. The van der Waals surface area contributed by atoms with Crippen molar-refractivity contribution in [3.05, 3.63) is 35.4 Å². The van der Waals surface area contributed by atoms with Crippen LogP contribution < -0.4 is 4.72 Å². The van der Waals surface area contributed by atoms with E-state index in [0.717, 1.165) is 12.0 Å². The third-order valence-electron chi connectivity index (χ3n) is 2.59. The van der Waals surface area contributed by atoms with E-state index in [2.05, 4.69) is 4.72 Å². The molecule has 4 heteroatoms. The van der Waals surface area contributed by atoms with Crippen LogP contribution in [-0.2, 0) is 10.0 Å². The van der Waals surface area contributed by atoms with E-state index in [1.807, 2.05) is 38.1 Å². The SMILES string of the molecule is CC[C@H](NS(=O)(=O)CC)c1ccc(C)cc1. The fraction of sp³-hybridized carbons (Fsp3) is 0.500. The van der Waals surface area contributed by atoms with E-state index < -0.39 is 10.0 Å². The molecule has 0 fully saturated rings. The van der Waals surface area contributed by atoms with Gasteiger partial charge in [-0.25, -0.2) is 13.1 Å². The second kappa shape index (κ2) is 5.46. The normalized spacial score (nSPS) is 13.7. The minimum absolute atomic E-state index is 0.120. The number of hydrogen-bond acceptors (Lipinski definition) is 2. The van der Waals surface area contributed by atoms with Crippen molar-refractivity contribution in [2.24, 2.45) is 0 Å². The van der Waals surface area contributed by atoms with Gasteiger partial charge < -0.3 is 0 Å². The Morgan fingerprint density at radius 3 is 2.19 bits per heavy atom. The molecule has 0 saturated heterocycles. The Bertz CT molecular complexity index is 423. The summed E-state index contributed by atoms with van der Waals surface area (Å²) in [5.74, 6) is 0.120. The van der Waals surface area contributed by atoms with Crippen molar-refractivity contribution in [2.75, 3.05) is 5.75 Å². The van der Waals surface area contributed by atoms with Crippen LogP contribution in [0.25, 0.3) is 0 Å². The van der Waals surface area contributed by atoms with Crippen LogP contribution in [0, 0.1) is 6.92 Å². The lowest BCUT2D eigenvalue weighted by atomic mass is 10.0. The summed E-state index contributed by atoms with van der Waals surface area (Å²) >= 11 is 0. The zero-order valence-corrected chi connectivity index (χ0v) is 10.8. The first-order valence-corrected chi connectivity index (χ1v) is 7.20. The van der Waals surface area contributed by atoms with Crippen LogP contribution in [-0.4, -0.2) is 14.2 Å². The largest absolute Gasteiger partial charge is 0.212 e. The van der Waals surface area contributed by atoms with Gasteiger partial charge in [-0.15, -0.1) is 0 Å². The minimum Gasteiger partial charge on any atom is -0.212 e. The standard InChI is InChI=1S/C12H19NO2S/c1-4-12(13-16(14,15)5-2)11-8-6-10(3)7-9-11/h6-9,12-13H,4-5H2,1-3H3/t12-/m0/s1. The minimum atomic E-state index is -3.14. The van der Waals surface area contributed by atoms with Crippen LogP contribution in [0.5, 0.6) is 0 Å². The summed E-state index contributed by atoms with van der Waals surface area (Å²) in [6, 6.07) is 7.82. The second-order valence-electron chi connectivity index (χ2n) is 3.89. The van der Waals surface area contributed by atoms with Gasteiger partial charge >= 0.3 is 0 Å². The predicted octanol–water partition coefficient (Wildman–Crippen LogP) is 2.39. The fourth-order valence-electron chi connectivity index (χ4n) is 1.49. The Balaban J connectivity index is 2.87. The average Bonchev–Trinajstić information content (AvgIpc) is 2.27. The Labute approximate surface area is 97.9 Å². The molecule has 0 saturated carbocycles. The summed E-state index contributed by atoms with van der Waals surface area (Å²) < 4.78 is 25.7. The van der Waals surface area contributed by atoms with E-state index in [1.54, 1.807) is 6.92 Å². The third kappa shape index (κ3) is 3.61. The molecular formula is C12H19NO2S. The first-order chi connectivity index (χ1) is 7.48. The third-order valence-corrected chi connectivity index (χ3v) is 3.99. The Morgan fingerprint density at radius 2 is 1.75 bits per heavy atom. The van der Waals surface area contributed by atoms with E-state index in [0.29, 0.717) is 0 Å². The van der Waals surface area contributed by atoms with Crippen LogP contribution in [0.1, 0.15) is 37.4 Å². The Hall–Kier alpha value is -0.870. The van der Waals surface area contributed by atoms with Gasteiger partial charge in [0.15, 0.2) is 0 Å². The summed E-state index contributed by atoms with van der Waals surface area (Å²) in [5, 5.41) is 0. The maximum absolute atomic E-state index is 11.5. The highest BCUT2D eigenvalue weighted by Crippen LogP contribution is 2.18. The van der Waals surface area contributed by atoms with Crippen LogP contribution in [0.15, 0.2) is 24.3 Å². The first-order valence-electron chi connectivity index (χ1n) is 5.55. The number of nitrogens with one attached hydrogen (secondary N) is 1. The van der Waals surface area contributed by atoms with E-state index in [4.69, 9.17) is 0 Å². The predicted molar refractivity (Wildman–Crippen MR) is 66.8 cm³/mol. The highest BCUT2D eigenvalue weighted by atomic mass is 32.2. The average molecular weight is 241 g/mol. The second-order valence-corrected chi connectivity index (χ2v) is 5.94. The summed E-state index contributed by atoms with van der Waals surface area (Å²) in [5.41, 5.74) is 2.20. The van der Waals surface area contributed by atoms with Crippen molar-refractivity contribution < 1.29 is 8.42 Å². The summed E-state index contributed by atoms with van der Waals surface area (Å²) in [6.45, 7) is 5.63. The molecule has 0 bridgehead atoms. The molecule has 3 nitrogen and oxygen atoms in total. The lowest BCUT2D eigenvalue weighted by molar-refractivity contribution is 0.551. The zero-order chi connectivity index (χ0) is 12.2. The number of benzene rings is 1. The van der Waals surface area contributed by atoms with Gasteiger partial charge in [0.05, 0.1) is 5.75 Å². The molecule has 0 unspecified atom stereocenters. The van der Waals surface area contributed by atoms with Crippen molar-refractivity contribution in [3.8, 4) is 0 Å². The smallest absolute Gasteiger partial charge is 0.211 e. The monoisotopic (exact) mass is 241 g/mol. The number of sulfonamides is 1. The van der Waals surface area contributed by atoms with Crippen molar-refractivity contribution in [1.29, 1.82) is 0 Å². The summed E-state index contributed by atoms with van der Waals surface area (Å²) in [6.07, 6.45) is 0.752. The van der Waals surface area contributed by atoms with Crippen LogP contribution in [0.3, 0.4) is 0 Å². The molecule has 16 heavy (non-hydrogen) atoms. The van der Waals surface area contributed by atoms with Crippen LogP contribution in [0.4, 0.5) is 0 Å². The summed E-state index contributed by atoms with van der Waals surface area (Å²) in [4.78, 5) is 0. The zero-order valence-electron chi connectivity index (χ0n) is 10.0. The molecule has 0 aliphatic carbocycles. The molecular weight excluding hydrogens is 222 g/mol.